The summed E-state index contributed by atoms with van der Waals surface area (Å²) in [6, 6.07) is 19.3. The number of nitrogens with one attached hydrogen (secondary N) is 1. The molecule has 2 saturated heterocycles. The predicted octanol–water partition coefficient (Wildman–Crippen LogP) is 4.83. The number of amides is 2. The van der Waals surface area contributed by atoms with E-state index in [4.69, 9.17) is 9.47 Å². The third-order valence-electron chi connectivity index (χ3n) is 8.86. The molecule has 10 nitrogen and oxygen atoms in total. The molecule has 2 aliphatic heterocycles. The molecule has 13 heteroatoms. The number of likely N-dealkylation sites (tertiary alicyclic amines) is 1. The second kappa shape index (κ2) is 15.0. The summed E-state index contributed by atoms with van der Waals surface area (Å²) in [4.78, 5) is 27.2. The lowest BCUT2D eigenvalue weighted by Gasteiger charge is -2.42. The Morgan fingerprint density at radius 1 is 1.04 bits per heavy atom. The highest BCUT2D eigenvalue weighted by atomic mass is 19.4. The van der Waals surface area contributed by atoms with Crippen molar-refractivity contribution in [1.29, 1.82) is 0 Å². The molecule has 0 bridgehead atoms. The van der Waals surface area contributed by atoms with Crippen LogP contribution in [0.3, 0.4) is 0 Å². The van der Waals surface area contributed by atoms with Gasteiger partial charge in [0.05, 0.1) is 24.9 Å². The number of likely N-dealkylation sites (N-methyl/N-ethyl adjacent to an activating group) is 1. The third kappa shape index (κ3) is 8.34. The van der Waals surface area contributed by atoms with E-state index in [1.54, 1.807) is 36.4 Å². The topological polar surface area (TPSA) is 132 Å². The molecule has 2 heterocycles. The molecule has 2 amide bonds. The van der Waals surface area contributed by atoms with Crippen molar-refractivity contribution in [3.05, 3.63) is 95.1 Å². The summed E-state index contributed by atoms with van der Waals surface area (Å²) < 4.78 is 52.1. The number of nitrogens with zero attached hydrogens (tertiary/aromatic N) is 2. The van der Waals surface area contributed by atoms with E-state index in [0.717, 1.165) is 11.1 Å². The van der Waals surface area contributed by atoms with Crippen LogP contribution in [0.15, 0.2) is 72.8 Å². The van der Waals surface area contributed by atoms with Crippen LogP contribution in [0.25, 0.3) is 0 Å². The zero-order chi connectivity index (χ0) is 34.6. The Hall–Kier alpha value is -4.01. The number of carbonyl (C=O) groups excluding carboxylic acids is 2. The number of aliphatic hydroxyl groups is 2. The van der Waals surface area contributed by atoms with Gasteiger partial charge in [0.25, 0.3) is 0 Å². The summed E-state index contributed by atoms with van der Waals surface area (Å²) in [7, 11) is 1.86. The Morgan fingerprint density at radius 2 is 1.73 bits per heavy atom. The van der Waals surface area contributed by atoms with Crippen molar-refractivity contribution < 1.29 is 47.6 Å². The van der Waals surface area contributed by atoms with Crippen LogP contribution in [0.5, 0.6) is 5.75 Å². The first-order chi connectivity index (χ1) is 22.8. The van der Waals surface area contributed by atoms with Crippen molar-refractivity contribution in [2.75, 3.05) is 32.0 Å². The average molecular weight is 672 g/mol. The maximum atomic E-state index is 13.0. The molecule has 6 unspecified atom stereocenters. The van der Waals surface area contributed by atoms with Gasteiger partial charge >= 0.3 is 12.1 Å². The summed E-state index contributed by atoms with van der Waals surface area (Å²) in [5, 5.41) is 32.8. The summed E-state index contributed by atoms with van der Waals surface area (Å²) >= 11 is 0. The van der Waals surface area contributed by atoms with Gasteiger partial charge in [-0.1, -0.05) is 55.5 Å². The number of rotatable bonds is 10. The molecule has 0 spiro atoms. The molecule has 0 saturated carbocycles. The molecule has 6 atom stereocenters. The lowest BCUT2D eigenvalue weighted by atomic mass is 9.90. The van der Waals surface area contributed by atoms with Crippen molar-refractivity contribution in [3.63, 3.8) is 0 Å². The Bertz CT molecular complexity index is 1550. The summed E-state index contributed by atoms with van der Waals surface area (Å²) in [5.41, 5.74) is 3.21. The van der Waals surface area contributed by atoms with E-state index in [-0.39, 0.29) is 43.9 Å². The van der Waals surface area contributed by atoms with E-state index in [2.05, 4.69) is 5.32 Å². The predicted molar refractivity (Wildman–Crippen MR) is 169 cm³/mol. The fourth-order valence-electron chi connectivity index (χ4n) is 6.24. The number of ether oxygens (including phenoxy) is 2. The van der Waals surface area contributed by atoms with Gasteiger partial charge in [-0.15, -0.1) is 0 Å². The van der Waals surface area contributed by atoms with Crippen molar-refractivity contribution >= 4 is 17.5 Å². The van der Waals surface area contributed by atoms with Crippen molar-refractivity contribution in [3.8, 4) is 5.75 Å². The molecule has 48 heavy (non-hydrogen) atoms. The van der Waals surface area contributed by atoms with Crippen LogP contribution in [0.2, 0.25) is 0 Å². The SMILES string of the molecule is CC1C(CN(C)CC(O)c2cccc(O)c2)OC(c2ccc(NC(=O)C3CCCN3C(=O)C(F)(F)F)cc2)OC1c1ccc(CO)cc1. The molecule has 0 aliphatic carbocycles. The average Bonchev–Trinajstić information content (AvgIpc) is 3.55. The van der Waals surface area contributed by atoms with Crippen LogP contribution >= 0.6 is 0 Å². The number of aromatic hydroxyl groups is 1. The highest BCUT2D eigenvalue weighted by Gasteiger charge is 2.47. The van der Waals surface area contributed by atoms with Crippen LogP contribution < -0.4 is 5.32 Å². The second-order valence-electron chi connectivity index (χ2n) is 12.4. The molecular formula is C35H40F3N3O7. The molecule has 2 aliphatic rings. The van der Waals surface area contributed by atoms with Gasteiger partial charge in [-0.3, -0.25) is 9.59 Å². The lowest BCUT2D eigenvalue weighted by molar-refractivity contribution is -0.276. The Kier molecular flexibility index (Phi) is 11.1. The Morgan fingerprint density at radius 3 is 2.38 bits per heavy atom. The molecule has 2 fully saturated rings. The summed E-state index contributed by atoms with van der Waals surface area (Å²) in [5.74, 6) is -2.78. The Balaban J connectivity index is 1.30. The van der Waals surface area contributed by atoms with E-state index in [9.17, 15) is 38.1 Å². The number of phenols is 1. The molecule has 5 rings (SSSR count). The van der Waals surface area contributed by atoms with Crippen LogP contribution in [-0.4, -0.2) is 81.9 Å². The fourth-order valence-corrected chi connectivity index (χ4v) is 6.24. The highest BCUT2D eigenvalue weighted by Crippen LogP contribution is 2.42. The minimum absolute atomic E-state index is 0.0659. The van der Waals surface area contributed by atoms with E-state index >= 15 is 0 Å². The van der Waals surface area contributed by atoms with Gasteiger partial charge in [-0.2, -0.15) is 13.2 Å². The van der Waals surface area contributed by atoms with Gasteiger partial charge in [0.2, 0.25) is 5.91 Å². The van der Waals surface area contributed by atoms with E-state index < -0.39 is 42.5 Å². The minimum atomic E-state index is -5.06. The molecule has 3 aromatic carbocycles. The molecule has 0 radical (unpaired) electrons. The first kappa shape index (κ1) is 35.3. The molecular weight excluding hydrogens is 631 g/mol. The number of hydrogen-bond acceptors (Lipinski definition) is 8. The summed E-state index contributed by atoms with van der Waals surface area (Å²) in [6.45, 7) is 2.49. The number of anilines is 1. The van der Waals surface area contributed by atoms with Crippen LogP contribution in [-0.2, 0) is 25.7 Å². The number of carbonyl (C=O) groups is 2. The van der Waals surface area contributed by atoms with E-state index in [1.165, 1.54) is 12.1 Å². The smallest absolute Gasteiger partial charge is 0.471 e. The molecule has 258 valence electrons. The zero-order valence-corrected chi connectivity index (χ0v) is 26.6. The molecule has 0 aromatic heterocycles. The largest absolute Gasteiger partial charge is 0.508 e. The number of halogens is 3. The second-order valence-corrected chi connectivity index (χ2v) is 12.4. The zero-order valence-electron chi connectivity index (χ0n) is 26.6. The fraction of sp³-hybridized carbons (Fsp3) is 0.429. The summed E-state index contributed by atoms with van der Waals surface area (Å²) in [6.07, 6.45) is -7.05. The van der Waals surface area contributed by atoms with Crippen LogP contribution in [0.1, 0.15) is 60.5 Å². The monoisotopic (exact) mass is 671 g/mol. The first-order valence-electron chi connectivity index (χ1n) is 15.8. The van der Waals surface area contributed by atoms with Gasteiger partial charge < -0.3 is 39.9 Å². The maximum Gasteiger partial charge on any atom is 0.471 e. The van der Waals surface area contributed by atoms with E-state index in [1.807, 2.05) is 43.1 Å². The molecule has 4 N–H and O–H groups in total. The van der Waals surface area contributed by atoms with E-state index in [0.29, 0.717) is 34.7 Å². The minimum Gasteiger partial charge on any atom is -0.508 e. The normalized spacial score (nSPS) is 23.7. The first-order valence-corrected chi connectivity index (χ1v) is 15.8. The lowest BCUT2D eigenvalue weighted by Crippen LogP contribution is -2.48. The van der Waals surface area contributed by atoms with Gasteiger partial charge in [-0.05, 0) is 60.8 Å². The number of phenolic OH excluding ortho intramolecular Hbond substituents is 1. The molecule has 3 aromatic rings. The quantitative estimate of drug-likeness (QED) is 0.241. The van der Waals surface area contributed by atoms with Gasteiger partial charge in [0.15, 0.2) is 6.29 Å². The number of benzene rings is 3. The number of aliphatic hydroxyl groups excluding tert-OH is 2. The highest BCUT2D eigenvalue weighted by molar-refractivity contribution is 5.98. The number of hydrogen-bond donors (Lipinski definition) is 4. The number of alkyl halides is 3. The van der Waals surface area contributed by atoms with Crippen molar-refractivity contribution in [2.45, 2.75) is 63.2 Å². The van der Waals surface area contributed by atoms with Crippen LogP contribution in [0.4, 0.5) is 18.9 Å². The van der Waals surface area contributed by atoms with Gasteiger partial charge in [-0.25, -0.2) is 0 Å². The van der Waals surface area contributed by atoms with Crippen molar-refractivity contribution in [1.82, 2.24) is 9.80 Å². The van der Waals surface area contributed by atoms with Gasteiger partial charge in [0, 0.05) is 36.8 Å². The van der Waals surface area contributed by atoms with Gasteiger partial charge in [0.1, 0.15) is 11.8 Å². The third-order valence-corrected chi connectivity index (χ3v) is 8.86. The van der Waals surface area contributed by atoms with Crippen LogP contribution in [0, 0.1) is 5.92 Å². The maximum absolute atomic E-state index is 13.0. The van der Waals surface area contributed by atoms with Crippen molar-refractivity contribution in [2.24, 2.45) is 5.92 Å². The Labute approximate surface area is 276 Å². The standard InChI is InChI=1S/C35H40F3N3O7/c1-21-30(19-40(2)18-29(44)25-5-3-6-27(43)17-25)47-33(48-31(21)23-10-8-22(20-42)9-11-23)24-12-14-26(15-13-24)39-32(45)28-7-4-16-41(28)34(46)35(36,37)38/h3,5-6,8-15,17,21,28-31,33,42-44H,4,7,16,18-20H2,1-2H3,(H,39,45).